The van der Waals surface area contributed by atoms with Crippen LogP contribution in [-0.4, -0.2) is 18.2 Å². The quantitative estimate of drug-likeness (QED) is 0.484. The van der Waals surface area contributed by atoms with Crippen molar-refractivity contribution in [3.05, 3.63) is 0 Å². The molecule has 0 amide bonds. The highest BCUT2D eigenvalue weighted by Crippen LogP contribution is 2.00. The Morgan fingerprint density at radius 3 is 3.11 bits per heavy atom. The molecule has 1 atom stereocenters. The molecule has 1 fully saturated rings. The van der Waals surface area contributed by atoms with E-state index in [1.807, 2.05) is 0 Å². The Labute approximate surface area is 61.0 Å². The van der Waals surface area contributed by atoms with Crippen LogP contribution in [0.15, 0.2) is 0 Å². The minimum absolute atomic E-state index is 0.748. The van der Waals surface area contributed by atoms with Gasteiger partial charge in [0.1, 0.15) is 0 Å². The van der Waals surface area contributed by atoms with E-state index in [0.29, 0.717) is 0 Å². The third kappa shape index (κ3) is 2.18. The van der Waals surface area contributed by atoms with Gasteiger partial charge in [0.15, 0.2) is 5.11 Å². The average molecular weight is 144 g/mol. The number of thiocarbonyl (C=S) groups is 1. The first kappa shape index (κ1) is 6.81. The van der Waals surface area contributed by atoms with Crippen LogP contribution < -0.4 is 10.6 Å². The molecule has 0 spiro atoms. The Morgan fingerprint density at radius 1 is 1.56 bits per heavy atom. The van der Waals surface area contributed by atoms with Crippen LogP contribution in [0.25, 0.3) is 0 Å². The van der Waals surface area contributed by atoms with Gasteiger partial charge in [-0.3, -0.25) is 0 Å². The van der Waals surface area contributed by atoms with Gasteiger partial charge in [-0.05, 0) is 24.6 Å². The Hall–Kier alpha value is -0.310. The van der Waals surface area contributed by atoms with Crippen LogP contribution in [0.3, 0.4) is 0 Å². The van der Waals surface area contributed by atoms with Crippen molar-refractivity contribution in [1.29, 1.82) is 0 Å². The van der Waals surface area contributed by atoms with E-state index in [2.05, 4.69) is 17.6 Å². The van der Waals surface area contributed by atoms with Crippen molar-refractivity contribution >= 4 is 17.3 Å². The van der Waals surface area contributed by atoms with Crippen LogP contribution in [0.5, 0.6) is 0 Å². The van der Waals surface area contributed by atoms with E-state index in [-0.39, 0.29) is 0 Å². The fourth-order valence-corrected chi connectivity index (χ4v) is 1.05. The lowest BCUT2D eigenvalue weighted by atomic mass is 10.1. The van der Waals surface area contributed by atoms with Crippen LogP contribution in [-0.2, 0) is 0 Å². The summed E-state index contributed by atoms with van der Waals surface area (Å²) in [5.41, 5.74) is 0. The summed E-state index contributed by atoms with van der Waals surface area (Å²) in [6.07, 6.45) is 1.22. The molecular weight excluding hydrogens is 132 g/mol. The molecule has 0 aliphatic carbocycles. The summed E-state index contributed by atoms with van der Waals surface area (Å²) < 4.78 is 0. The number of nitrogens with one attached hydrogen (secondary N) is 2. The van der Waals surface area contributed by atoms with Gasteiger partial charge in [0.2, 0.25) is 0 Å². The molecule has 1 rings (SSSR count). The normalized spacial score (nSPS) is 28.1. The fraction of sp³-hybridized carbons (Fsp3) is 0.833. The van der Waals surface area contributed by atoms with Crippen molar-refractivity contribution in [2.75, 3.05) is 13.1 Å². The van der Waals surface area contributed by atoms with E-state index >= 15 is 0 Å². The molecule has 0 saturated carbocycles. The molecule has 1 unspecified atom stereocenters. The van der Waals surface area contributed by atoms with Gasteiger partial charge < -0.3 is 10.6 Å². The number of rotatable bonds is 0. The molecule has 0 aromatic heterocycles. The van der Waals surface area contributed by atoms with E-state index in [1.165, 1.54) is 6.42 Å². The molecule has 1 aliphatic heterocycles. The van der Waals surface area contributed by atoms with Crippen molar-refractivity contribution in [2.24, 2.45) is 5.92 Å². The summed E-state index contributed by atoms with van der Waals surface area (Å²) in [5.74, 6) is 0.748. The predicted molar refractivity (Wildman–Crippen MR) is 42.4 cm³/mol. The Kier molecular flexibility index (Phi) is 2.28. The standard InChI is InChI=1S/C6H12N2S/c1-5-2-3-7-6(9)8-4-5/h5H,2-4H2,1H3,(H2,7,8,9). The SMILES string of the molecule is CC1CCNC(=S)NC1. The average Bonchev–Trinajstić information content (AvgIpc) is 1.97. The number of hydrogen-bond acceptors (Lipinski definition) is 1. The first-order valence-electron chi connectivity index (χ1n) is 3.31. The molecule has 1 aliphatic rings. The van der Waals surface area contributed by atoms with Gasteiger partial charge in [0.05, 0.1) is 0 Å². The third-order valence-electron chi connectivity index (χ3n) is 1.53. The van der Waals surface area contributed by atoms with Crippen molar-refractivity contribution < 1.29 is 0 Å². The Morgan fingerprint density at radius 2 is 2.33 bits per heavy atom. The van der Waals surface area contributed by atoms with Gasteiger partial charge in [-0.1, -0.05) is 6.92 Å². The second-order valence-electron chi connectivity index (χ2n) is 2.53. The zero-order valence-electron chi connectivity index (χ0n) is 5.61. The second-order valence-corrected chi connectivity index (χ2v) is 2.94. The lowest BCUT2D eigenvalue weighted by molar-refractivity contribution is 0.544. The molecule has 3 heteroatoms. The van der Waals surface area contributed by atoms with Crippen molar-refractivity contribution in [2.45, 2.75) is 13.3 Å². The van der Waals surface area contributed by atoms with Crippen molar-refractivity contribution in [1.82, 2.24) is 10.6 Å². The van der Waals surface area contributed by atoms with Gasteiger partial charge in [0, 0.05) is 13.1 Å². The van der Waals surface area contributed by atoms with Crippen molar-refractivity contribution in [3.63, 3.8) is 0 Å². The van der Waals surface area contributed by atoms with Gasteiger partial charge >= 0.3 is 0 Å². The second kappa shape index (κ2) is 3.01. The largest absolute Gasteiger partial charge is 0.363 e. The van der Waals surface area contributed by atoms with E-state index < -0.39 is 0 Å². The van der Waals surface area contributed by atoms with Crippen LogP contribution in [0.1, 0.15) is 13.3 Å². The summed E-state index contributed by atoms with van der Waals surface area (Å²) >= 11 is 4.92. The molecule has 2 N–H and O–H groups in total. The fourth-order valence-electron chi connectivity index (χ4n) is 0.864. The molecular formula is C6H12N2S. The van der Waals surface area contributed by atoms with Gasteiger partial charge in [-0.15, -0.1) is 0 Å². The van der Waals surface area contributed by atoms with Crippen LogP contribution in [0.4, 0.5) is 0 Å². The maximum atomic E-state index is 4.92. The van der Waals surface area contributed by atoms with E-state index in [1.54, 1.807) is 0 Å². The van der Waals surface area contributed by atoms with E-state index in [4.69, 9.17) is 12.2 Å². The summed E-state index contributed by atoms with van der Waals surface area (Å²) in [6.45, 7) is 4.27. The highest BCUT2D eigenvalue weighted by molar-refractivity contribution is 7.80. The topological polar surface area (TPSA) is 24.1 Å². The van der Waals surface area contributed by atoms with Gasteiger partial charge in [0.25, 0.3) is 0 Å². The summed E-state index contributed by atoms with van der Waals surface area (Å²) in [5, 5.41) is 7.01. The number of hydrogen-bond donors (Lipinski definition) is 2. The Bertz CT molecular complexity index is 114. The highest BCUT2D eigenvalue weighted by Gasteiger charge is 2.06. The zero-order valence-corrected chi connectivity index (χ0v) is 6.42. The van der Waals surface area contributed by atoms with Gasteiger partial charge in [-0.2, -0.15) is 0 Å². The predicted octanol–water partition coefficient (Wildman–Crippen LogP) is 0.490. The molecule has 0 aromatic rings. The smallest absolute Gasteiger partial charge is 0.166 e. The van der Waals surface area contributed by atoms with Crippen LogP contribution in [0, 0.1) is 5.92 Å². The molecule has 9 heavy (non-hydrogen) atoms. The van der Waals surface area contributed by atoms with Crippen molar-refractivity contribution in [3.8, 4) is 0 Å². The first-order valence-corrected chi connectivity index (χ1v) is 3.71. The molecule has 0 aromatic carbocycles. The monoisotopic (exact) mass is 144 g/mol. The minimum atomic E-state index is 0.748. The highest BCUT2D eigenvalue weighted by atomic mass is 32.1. The molecule has 0 bridgehead atoms. The summed E-state index contributed by atoms with van der Waals surface area (Å²) in [7, 11) is 0. The lowest BCUT2D eigenvalue weighted by Gasteiger charge is -2.04. The summed E-state index contributed by atoms with van der Waals surface area (Å²) in [4.78, 5) is 0. The van der Waals surface area contributed by atoms with E-state index in [0.717, 1.165) is 24.1 Å². The van der Waals surface area contributed by atoms with Crippen LogP contribution >= 0.6 is 12.2 Å². The first-order chi connectivity index (χ1) is 4.29. The maximum Gasteiger partial charge on any atom is 0.166 e. The van der Waals surface area contributed by atoms with Gasteiger partial charge in [-0.25, -0.2) is 0 Å². The third-order valence-corrected chi connectivity index (χ3v) is 1.82. The minimum Gasteiger partial charge on any atom is -0.363 e. The molecule has 1 heterocycles. The lowest BCUT2D eigenvalue weighted by Crippen LogP contribution is -2.33. The zero-order chi connectivity index (χ0) is 6.69. The molecule has 52 valence electrons. The Balaban J connectivity index is 2.34. The van der Waals surface area contributed by atoms with Crippen LogP contribution in [0.2, 0.25) is 0 Å². The summed E-state index contributed by atoms with van der Waals surface area (Å²) in [6, 6.07) is 0. The molecule has 0 radical (unpaired) electrons. The molecule has 2 nitrogen and oxygen atoms in total. The maximum absolute atomic E-state index is 4.92. The van der Waals surface area contributed by atoms with E-state index in [9.17, 15) is 0 Å². The molecule has 1 saturated heterocycles.